The van der Waals surface area contributed by atoms with Crippen LogP contribution in [0.3, 0.4) is 0 Å². The largest absolute Gasteiger partial charge is 0.495 e. The van der Waals surface area contributed by atoms with Gasteiger partial charge in [0.15, 0.2) is 0 Å². The van der Waals surface area contributed by atoms with E-state index in [0.717, 1.165) is 25.2 Å². The third-order valence-corrected chi connectivity index (χ3v) is 4.02. The van der Waals surface area contributed by atoms with E-state index < -0.39 is 0 Å². The van der Waals surface area contributed by atoms with Crippen molar-refractivity contribution in [1.82, 2.24) is 4.90 Å². The first-order chi connectivity index (χ1) is 9.70. The van der Waals surface area contributed by atoms with E-state index in [1.54, 1.807) is 12.0 Å². The maximum Gasteiger partial charge on any atom is 0.228 e. The molecule has 0 N–H and O–H groups in total. The highest BCUT2D eigenvalue weighted by Gasteiger charge is 2.39. The lowest BCUT2D eigenvalue weighted by atomic mass is 10.0. The van der Waals surface area contributed by atoms with Gasteiger partial charge < -0.3 is 14.5 Å². The summed E-state index contributed by atoms with van der Waals surface area (Å²) in [6, 6.07) is 7.42. The molecule has 106 valence electrons. The lowest BCUT2D eigenvalue weighted by Crippen LogP contribution is -2.45. The number of para-hydroxylation sites is 2. The van der Waals surface area contributed by atoms with E-state index in [9.17, 15) is 9.59 Å². The Morgan fingerprint density at radius 2 is 2.05 bits per heavy atom. The minimum atomic E-state index is -0.215. The summed E-state index contributed by atoms with van der Waals surface area (Å²) >= 11 is 0. The fourth-order valence-electron chi connectivity index (χ4n) is 2.75. The lowest BCUT2D eigenvalue weighted by Gasteiger charge is -2.33. The van der Waals surface area contributed by atoms with Gasteiger partial charge >= 0.3 is 0 Å². The molecule has 2 aliphatic heterocycles. The average Bonchev–Trinajstić information content (AvgIpc) is 2.78. The number of nitrogens with zero attached hydrogens (tertiary/aromatic N) is 2. The lowest BCUT2D eigenvalue weighted by molar-refractivity contribution is -0.139. The van der Waals surface area contributed by atoms with Crippen molar-refractivity contribution >= 4 is 17.5 Å². The molecule has 1 aromatic rings. The normalized spacial score (nSPS) is 21.9. The SMILES string of the molecule is COc1ccccc1N1C[C@@H](C(=O)N2CCC2)CC1=O. The summed E-state index contributed by atoms with van der Waals surface area (Å²) in [5, 5.41) is 0. The molecule has 2 fully saturated rings. The maximum absolute atomic E-state index is 12.2. The number of carbonyl (C=O) groups is 2. The molecular formula is C15H18N2O3. The van der Waals surface area contributed by atoms with Crippen molar-refractivity contribution in [2.45, 2.75) is 12.8 Å². The second-order valence-corrected chi connectivity index (χ2v) is 5.26. The number of amides is 2. The topological polar surface area (TPSA) is 49.9 Å². The first-order valence-electron chi connectivity index (χ1n) is 6.93. The van der Waals surface area contributed by atoms with Crippen LogP contribution in [0.25, 0.3) is 0 Å². The number of benzene rings is 1. The second kappa shape index (κ2) is 5.15. The van der Waals surface area contributed by atoms with Crippen LogP contribution in [0.1, 0.15) is 12.8 Å². The Morgan fingerprint density at radius 3 is 2.70 bits per heavy atom. The Labute approximate surface area is 118 Å². The van der Waals surface area contributed by atoms with Crippen LogP contribution in [-0.4, -0.2) is 43.5 Å². The zero-order valence-electron chi connectivity index (χ0n) is 11.5. The molecule has 2 heterocycles. The standard InChI is InChI=1S/C15H18N2O3/c1-20-13-6-3-2-5-12(13)17-10-11(9-14(17)18)15(19)16-7-4-8-16/h2-3,5-6,11H,4,7-10H2,1H3/t11-/m0/s1. The smallest absolute Gasteiger partial charge is 0.228 e. The summed E-state index contributed by atoms with van der Waals surface area (Å²) < 4.78 is 5.29. The number of likely N-dealkylation sites (tertiary alicyclic amines) is 1. The van der Waals surface area contributed by atoms with Crippen LogP contribution in [-0.2, 0) is 9.59 Å². The van der Waals surface area contributed by atoms with Crippen LogP contribution in [0.5, 0.6) is 5.75 Å². The van der Waals surface area contributed by atoms with Gasteiger partial charge in [0.2, 0.25) is 11.8 Å². The highest BCUT2D eigenvalue weighted by Crippen LogP contribution is 2.33. The molecular weight excluding hydrogens is 256 g/mol. The molecule has 5 nitrogen and oxygen atoms in total. The number of carbonyl (C=O) groups excluding carboxylic acids is 2. The molecule has 0 bridgehead atoms. The van der Waals surface area contributed by atoms with E-state index in [-0.39, 0.29) is 17.7 Å². The molecule has 2 amide bonds. The Bertz CT molecular complexity index is 540. The number of rotatable bonds is 3. The van der Waals surface area contributed by atoms with Crippen LogP contribution < -0.4 is 9.64 Å². The highest BCUT2D eigenvalue weighted by molar-refractivity contribution is 6.01. The van der Waals surface area contributed by atoms with Crippen molar-refractivity contribution in [3.63, 3.8) is 0 Å². The van der Waals surface area contributed by atoms with Crippen LogP contribution in [0, 0.1) is 5.92 Å². The Morgan fingerprint density at radius 1 is 1.30 bits per heavy atom. The minimum Gasteiger partial charge on any atom is -0.495 e. The molecule has 0 saturated carbocycles. The molecule has 0 spiro atoms. The van der Waals surface area contributed by atoms with Gasteiger partial charge in [0.25, 0.3) is 0 Å². The van der Waals surface area contributed by atoms with Crippen molar-refractivity contribution < 1.29 is 14.3 Å². The number of methoxy groups -OCH3 is 1. The van der Waals surface area contributed by atoms with Crippen LogP contribution in [0.4, 0.5) is 5.69 Å². The van der Waals surface area contributed by atoms with Gasteiger partial charge in [0.1, 0.15) is 5.75 Å². The molecule has 0 unspecified atom stereocenters. The summed E-state index contributed by atoms with van der Waals surface area (Å²) in [7, 11) is 1.59. The summed E-state index contributed by atoms with van der Waals surface area (Å²) in [6.45, 7) is 2.12. The first-order valence-corrected chi connectivity index (χ1v) is 6.93. The Hall–Kier alpha value is -2.04. The van der Waals surface area contributed by atoms with Gasteiger partial charge in [-0.1, -0.05) is 12.1 Å². The molecule has 20 heavy (non-hydrogen) atoms. The molecule has 5 heteroatoms. The summed E-state index contributed by atoms with van der Waals surface area (Å²) in [6.07, 6.45) is 1.37. The van der Waals surface area contributed by atoms with E-state index in [2.05, 4.69) is 0 Å². The molecule has 1 aromatic carbocycles. The number of ether oxygens (including phenoxy) is 1. The maximum atomic E-state index is 12.2. The third kappa shape index (κ3) is 2.13. The molecule has 3 rings (SSSR count). The third-order valence-electron chi connectivity index (χ3n) is 4.02. The van der Waals surface area contributed by atoms with Gasteiger partial charge in [-0.25, -0.2) is 0 Å². The monoisotopic (exact) mass is 274 g/mol. The van der Waals surface area contributed by atoms with Crippen molar-refractivity contribution in [2.24, 2.45) is 5.92 Å². The Balaban J connectivity index is 1.78. The van der Waals surface area contributed by atoms with E-state index in [4.69, 9.17) is 4.74 Å². The molecule has 1 atom stereocenters. The summed E-state index contributed by atoms with van der Waals surface area (Å²) in [4.78, 5) is 27.9. The molecule has 0 radical (unpaired) electrons. The zero-order chi connectivity index (χ0) is 14.1. The van der Waals surface area contributed by atoms with Crippen LogP contribution in [0.2, 0.25) is 0 Å². The van der Waals surface area contributed by atoms with Gasteiger partial charge in [0.05, 0.1) is 18.7 Å². The number of hydrogen-bond donors (Lipinski definition) is 0. The number of hydrogen-bond acceptors (Lipinski definition) is 3. The average molecular weight is 274 g/mol. The molecule has 2 aliphatic rings. The fourth-order valence-corrected chi connectivity index (χ4v) is 2.75. The minimum absolute atomic E-state index is 0.00614. The van der Waals surface area contributed by atoms with E-state index in [1.165, 1.54) is 0 Å². The van der Waals surface area contributed by atoms with Gasteiger partial charge in [-0.2, -0.15) is 0 Å². The quantitative estimate of drug-likeness (QED) is 0.834. The predicted molar refractivity (Wildman–Crippen MR) is 74.7 cm³/mol. The van der Waals surface area contributed by atoms with Crippen molar-refractivity contribution in [3.05, 3.63) is 24.3 Å². The van der Waals surface area contributed by atoms with Gasteiger partial charge in [-0.05, 0) is 18.6 Å². The molecule has 0 aliphatic carbocycles. The fraction of sp³-hybridized carbons (Fsp3) is 0.467. The number of anilines is 1. The van der Waals surface area contributed by atoms with Crippen LogP contribution >= 0.6 is 0 Å². The van der Waals surface area contributed by atoms with E-state index >= 15 is 0 Å². The van der Waals surface area contributed by atoms with E-state index in [1.807, 2.05) is 29.2 Å². The summed E-state index contributed by atoms with van der Waals surface area (Å²) in [5.41, 5.74) is 0.749. The van der Waals surface area contributed by atoms with Gasteiger partial charge in [-0.15, -0.1) is 0 Å². The predicted octanol–water partition coefficient (Wildman–Crippen LogP) is 1.28. The zero-order valence-corrected chi connectivity index (χ0v) is 11.5. The van der Waals surface area contributed by atoms with Gasteiger partial charge in [-0.3, -0.25) is 9.59 Å². The van der Waals surface area contributed by atoms with Crippen LogP contribution in [0.15, 0.2) is 24.3 Å². The second-order valence-electron chi connectivity index (χ2n) is 5.26. The highest BCUT2D eigenvalue weighted by atomic mass is 16.5. The Kier molecular flexibility index (Phi) is 3.34. The summed E-state index contributed by atoms with van der Waals surface area (Å²) in [5.74, 6) is 0.556. The van der Waals surface area contributed by atoms with E-state index in [0.29, 0.717) is 18.7 Å². The molecule has 0 aromatic heterocycles. The van der Waals surface area contributed by atoms with Crippen molar-refractivity contribution in [3.8, 4) is 5.75 Å². The van der Waals surface area contributed by atoms with Crippen molar-refractivity contribution in [1.29, 1.82) is 0 Å². The first kappa shape index (κ1) is 13.0. The molecule has 2 saturated heterocycles. The van der Waals surface area contributed by atoms with Gasteiger partial charge in [0, 0.05) is 26.1 Å². The van der Waals surface area contributed by atoms with Crippen molar-refractivity contribution in [2.75, 3.05) is 31.6 Å².